The summed E-state index contributed by atoms with van der Waals surface area (Å²) in [5.41, 5.74) is 4.55. The van der Waals surface area contributed by atoms with Crippen molar-refractivity contribution in [2.45, 2.75) is 0 Å². The van der Waals surface area contributed by atoms with E-state index in [-0.39, 0.29) is 5.95 Å². The van der Waals surface area contributed by atoms with Crippen molar-refractivity contribution >= 4 is 5.95 Å². The Morgan fingerprint density at radius 3 is 2.14 bits per heavy atom. The van der Waals surface area contributed by atoms with Crippen molar-refractivity contribution in [3.8, 4) is 16.9 Å². The first kappa shape index (κ1) is 12.9. The summed E-state index contributed by atoms with van der Waals surface area (Å²) in [6.45, 7) is 0. The second-order valence-electron chi connectivity index (χ2n) is 4.24. The van der Waals surface area contributed by atoms with Gasteiger partial charge in [0.05, 0.1) is 0 Å². The summed E-state index contributed by atoms with van der Waals surface area (Å²) in [5, 5.41) is 0. The minimum absolute atomic E-state index is 0.0761. The van der Waals surface area contributed by atoms with E-state index in [2.05, 4.69) is 44.6 Å². The molecule has 0 aliphatic heterocycles. The Morgan fingerprint density at radius 1 is 1.00 bits per heavy atom. The Hall–Kier alpha value is -3.06. The van der Waals surface area contributed by atoms with E-state index in [0.29, 0.717) is 5.82 Å². The maximum Gasteiger partial charge on any atom is 0.357 e. The molecule has 0 unspecified atom stereocenters. The van der Waals surface area contributed by atoms with Gasteiger partial charge in [0.25, 0.3) is 0 Å². The van der Waals surface area contributed by atoms with Gasteiger partial charge in [-0.25, -0.2) is 25.2 Å². The van der Waals surface area contributed by atoms with Crippen molar-refractivity contribution in [3.05, 3.63) is 65.5 Å². The summed E-state index contributed by atoms with van der Waals surface area (Å²) < 4.78 is 1.22. The predicted molar refractivity (Wildman–Crippen MR) is 78.7 cm³/mol. The van der Waals surface area contributed by atoms with Gasteiger partial charge >= 0.3 is 5.69 Å². The summed E-state index contributed by atoms with van der Waals surface area (Å²) in [6, 6.07) is 13.7. The molecular formula is C14H12N6O. The van der Waals surface area contributed by atoms with Crippen LogP contribution in [0.1, 0.15) is 0 Å². The first-order valence-electron chi connectivity index (χ1n) is 6.22. The van der Waals surface area contributed by atoms with Crippen molar-refractivity contribution in [1.82, 2.24) is 19.5 Å². The second kappa shape index (κ2) is 5.51. The molecule has 4 rings (SSSR count). The number of hydrogen-bond donors (Lipinski definition) is 2. The first-order valence-corrected chi connectivity index (χ1v) is 6.22. The van der Waals surface area contributed by atoms with E-state index in [9.17, 15) is 4.79 Å². The molecular weight excluding hydrogens is 268 g/mol. The Kier molecular flexibility index (Phi) is 3.40. The van der Waals surface area contributed by atoms with Crippen LogP contribution in [0.2, 0.25) is 0 Å². The van der Waals surface area contributed by atoms with Gasteiger partial charge < -0.3 is 0 Å². The highest BCUT2D eigenvalue weighted by Gasteiger charge is 2.04. The number of benzene rings is 1. The quantitative estimate of drug-likeness (QED) is 0.419. The lowest BCUT2D eigenvalue weighted by molar-refractivity contribution is 0.835. The lowest BCUT2D eigenvalue weighted by Gasteiger charge is -2.10. The molecule has 21 heavy (non-hydrogen) atoms. The van der Waals surface area contributed by atoms with Gasteiger partial charge in [-0.2, -0.15) is 4.98 Å². The fourth-order valence-corrected chi connectivity index (χ4v) is 1.72. The van der Waals surface area contributed by atoms with Crippen molar-refractivity contribution in [2.75, 3.05) is 5.43 Å². The number of aromatic nitrogens is 4. The third-order valence-electron chi connectivity index (χ3n) is 2.95. The normalized spacial score (nSPS) is 10.3. The van der Waals surface area contributed by atoms with Crippen LogP contribution in [-0.2, 0) is 0 Å². The van der Waals surface area contributed by atoms with Crippen LogP contribution in [0.5, 0.6) is 0 Å². The minimum atomic E-state index is -0.489. The molecule has 0 radical (unpaired) electrons. The zero-order chi connectivity index (χ0) is 14.7. The Morgan fingerprint density at radius 2 is 1.71 bits per heavy atom. The summed E-state index contributed by atoms with van der Waals surface area (Å²) in [7, 11) is 0. The molecule has 7 nitrogen and oxygen atoms in total. The topological polar surface area (TPSA) is 98.7 Å². The zero-order valence-corrected chi connectivity index (χ0v) is 11.0. The predicted octanol–water partition coefficient (Wildman–Crippen LogP) is 0.975. The molecule has 2 aromatic heterocycles. The highest BCUT2D eigenvalue weighted by molar-refractivity contribution is 5.75. The number of rotatable bonds is 2. The molecule has 0 aromatic carbocycles. The van der Waals surface area contributed by atoms with Crippen molar-refractivity contribution < 1.29 is 0 Å². The average Bonchev–Trinajstić information content (AvgIpc) is 2.52. The molecule has 0 atom stereocenters. The molecule has 7 heteroatoms. The maximum atomic E-state index is 11.5. The van der Waals surface area contributed by atoms with Crippen molar-refractivity contribution in [1.29, 1.82) is 0 Å². The lowest BCUT2D eigenvalue weighted by Crippen LogP contribution is -2.25. The fourth-order valence-electron chi connectivity index (χ4n) is 1.72. The molecule has 0 spiro atoms. The number of anilines is 1. The first-order chi connectivity index (χ1) is 10.3. The third-order valence-corrected chi connectivity index (χ3v) is 2.95. The maximum absolute atomic E-state index is 11.5. The Bertz CT molecular complexity index is 777. The van der Waals surface area contributed by atoms with Gasteiger partial charge in [0.2, 0.25) is 5.95 Å². The van der Waals surface area contributed by atoms with Crippen LogP contribution in [0, 0.1) is 0 Å². The summed E-state index contributed by atoms with van der Waals surface area (Å²) >= 11 is 0. The molecule has 2 heterocycles. The van der Waals surface area contributed by atoms with E-state index in [4.69, 9.17) is 5.84 Å². The minimum Gasteiger partial charge on any atom is -0.292 e. The highest BCUT2D eigenvalue weighted by Crippen LogP contribution is 2.29. The summed E-state index contributed by atoms with van der Waals surface area (Å²) in [5.74, 6) is 5.61. The summed E-state index contributed by atoms with van der Waals surface area (Å²) in [6.07, 6.45) is 2.89. The van der Waals surface area contributed by atoms with E-state index in [1.54, 1.807) is 24.4 Å². The largest absolute Gasteiger partial charge is 0.357 e. The number of nitrogens with one attached hydrogen (secondary N) is 1. The van der Waals surface area contributed by atoms with Crippen LogP contribution >= 0.6 is 0 Å². The van der Waals surface area contributed by atoms with Crippen LogP contribution in [0.3, 0.4) is 0 Å². The number of nitrogens with zero attached hydrogens (tertiary/aromatic N) is 4. The van der Waals surface area contributed by atoms with Crippen LogP contribution in [0.4, 0.5) is 5.95 Å². The molecule has 0 bridgehead atoms. The van der Waals surface area contributed by atoms with Gasteiger partial charge in [-0.15, -0.1) is 0 Å². The zero-order valence-electron chi connectivity index (χ0n) is 11.0. The molecule has 0 fully saturated rings. The molecule has 2 aliphatic rings. The second-order valence-corrected chi connectivity index (χ2v) is 4.24. The Labute approximate surface area is 120 Å². The molecule has 2 aliphatic carbocycles. The molecule has 0 saturated carbocycles. The molecule has 0 amide bonds. The number of pyridine rings is 1. The highest BCUT2D eigenvalue weighted by atomic mass is 16.1. The van der Waals surface area contributed by atoms with E-state index < -0.39 is 5.69 Å². The van der Waals surface area contributed by atoms with Crippen LogP contribution in [-0.4, -0.2) is 19.5 Å². The van der Waals surface area contributed by atoms with Crippen LogP contribution < -0.4 is 17.0 Å². The van der Waals surface area contributed by atoms with Gasteiger partial charge in [-0.3, -0.25) is 5.43 Å². The molecule has 104 valence electrons. The van der Waals surface area contributed by atoms with E-state index in [1.165, 1.54) is 22.0 Å². The van der Waals surface area contributed by atoms with Gasteiger partial charge in [0, 0.05) is 6.20 Å². The molecule has 3 N–H and O–H groups in total. The van der Waals surface area contributed by atoms with E-state index >= 15 is 0 Å². The van der Waals surface area contributed by atoms with Crippen molar-refractivity contribution in [2.24, 2.45) is 5.84 Å². The summed E-state index contributed by atoms with van der Waals surface area (Å²) in [4.78, 5) is 22.9. The monoisotopic (exact) mass is 280 g/mol. The molecule has 2 aromatic rings. The number of nitrogens with two attached hydrogens (primary N) is 1. The van der Waals surface area contributed by atoms with Gasteiger partial charge in [0.1, 0.15) is 12.1 Å². The van der Waals surface area contributed by atoms with Gasteiger partial charge in [-0.1, -0.05) is 30.3 Å². The van der Waals surface area contributed by atoms with Gasteiger partial charge in [0.15, 0.2) is 0 Å². The standard InChI is InChI=1S/C8H8N6O.C6H4/c9-13-7-11-5-14(8(15)12-7)6-3-1-2-4-10-6;1-2-6-4-3-5(1)6/h1-5H,9H2,(H,12,13,15);1-4H. The van der Waals surface area contributed by atoms with Crippen LogP contribution in [0.25, 0.3) is 16.9 Å². The Balaban J connectivity index is 0.000000180. The van der Waals surface area contributed by atoms with E-state index in [0.717, 1.165) is 0 Å². The smallest absolute Gasteiger partial charge is 0.292 e. The number of fused-ring (bicyclic) bond motifs is 1. The number of hydrogen-bond acceptors (Lipinski definition) is 6. The molecule has 0 saturated heterocycles. The number of nitrogen functional groups attached to an aromatic ring is 1. The third kappa shape index (κ3) is 2.63. The SMILES string of the molecule is NNc1ncn(-c2ccccn2)c(=O)n1.c1cc2ccc1-2. The van der Waals surface area contributed by atoms with Crippen molar-refractivity contribution in [3.63, 3.8) is 0 Å². The lowest BCUT2D eigenvalue weighted by atomic mass is 9.95. The fraction of sp³-hybridized carbons (Fsp3) is 0. The van der Waals surface area contributed by atoms with Crippen LogP contribution in [0.15, 0.2) is 59.8 Å². The average molecular weight is 280 g/mol. The number of hydrazine groups is 1. The van der Waals surface area contributed by atoms with Gasteiger partial charge in [-0.05, 0) is 23.3 Å². The van der Waals surface area contributed by atoms with E-state index in [1.807, 2.05) is 0 Å².